The molecule has 0 spiro atoms. The molecule has 39 heavy (non-hydrogen) atoms. The highest BCUT2D eigenvalue weighted by Gasteiger charge is 2.35. The van der Waals surface area contributed by atoms with Crippen molar-refractivity contribution in [1.29, 1.82) is 5.26 Å². The van der Waals surface area contributed by atoms with Gasteiger partial charge in [0.2, 0.25) is 0 Å². The summed E-state index contributed by atoms with van der Waals surface area (Å²) in [5, 5.41) is 38.5. The van der Waals surface area contributed by atoms with Gasteiger partial charge in [-0.2, -0.15) is 10.4 Å². The van der Waals surface area contributed by atoms with Gasteiger partial charge in [0.1, 0.15) is 18.9 Å². The molecule has 1 aliphatic carbocycles. The molecule has 2 aromatic heterocycles. The molecule has 2 heterocycles. The molecule has 4 rings (SSSR count). The monoisotopic (exact) mass is 571 g/mol. The Morgan fingerprint density at radius 3 is 2.74 bits per heavy atom. The molecule has 0 radical (unpaired) electrons. The number of nitriles is 1. The van der Waals surface area contributed by atoms with Crippen LogP contribution in [-0.2, 0) is 18.0 Å². The maximum atomic E-state index is 13.8. The lowest BCUT2D eigenvalue weighted by molar-refractivity contribution is 0.0392. The normalized spacial score (nSPS) is 19.3. The number of hydrogen-bond donors (Lipinski definition) is 3. The average Bonchev–Trinajstić information content (AvgIpc) is 3.41. The number of hydrogen-bond acceptors (Lipinski definition) is 9. The zero-order chi connectivity index (χ0) is 28.3. The van der Waals surface area contributed by atoms with Crippen molar-refractivity contribution in [1.82, 2.24) is 24.6 Å². The largest absolute Gasteiger partial charge is 0.390 e. The highest BCUT2D eigenvalue weighted by Crippen LogP contribution is 2.29. The quantitative estimate of drug-likeness (QED) is 0.246. The fourth-order valence-corrected chi connectivity index (χ4v) is 5.44. The minimum Gasteiger partial charge on any atom is -0.390 e. The Morgan fingerprint density at radius 2 is 2.08 bits per heavy atom. The van der Waals surface area contributed by atoms with Gasteiger partial charge in [-0.15, -0.1) is 0 Å². The molecule has 11 nitrogen and oxygen atoms in total. The van der Waals surface area contributed by atoms with Crippen molar-refractivity contribution in [2.75, 3.05) is 19.0 Å². The van der Waals surface area contributed by atoms with Crippen molar-refractivity contribution in [2.45, 2.75) is 70.1 Å². The molecule has 1 amide bonds. The predicted octanol–water partition coefficient (Wildman–Crippen LogP) is 3.23. The van der Waals surface area contributed by atoms with Gasteiger partial charge in [-0.05, 0) is 42.6 Å². The lowest BCUT2D eigenvalue weighted by Gasteiger charge is -2.20. The van der Waals surface area contributed by atoms with Crippen molar-refractivity contribution in [3.05, 3.63) is 46.4 Å². The predicted molar refractivity (Wildman–Crippen MR) is 150 cm³/mol. The molecule has 13 heteroatoms. The topological polar surface area (TPSA) is 149 Å². The number of aliphatic hydroxyl groups excluding tert-OH is 2. The van der Waals surface area contributed by atoms with Crippen molar-refractivity contribution < 1.29 is 19.7 Å². The molecule has 1 aromatic carbocycles. The van der Waals surface area contributed by atoms with E-state index in [1.165, 1.54) is 15.9 Å². The Balaban J connectivity index is 1.68. The molecule has 1 saturated carbocycles. The van der Waals surface area contributed by atoms with Gasteiger partial charge in [0, 0.05) is 33.3 Å². The van der Waals surface area contributed by atoms with Crippen LogP contribution in [0.25, 0.3) is 11.0 Å². The summed E-state index contributed by atoms with van der Waals surface area (Å²) in [7, 11) is 0.323. The van der Waals surface area contributed by atoms with Gasteiger partial charge in [0.25, 0.3) is 5.91 Å². The molecule has 0 aliphatic heterocycles. The van der Waals surface area contributed by atoms with Crippen LogP contribution < -0.4 is 5.32 Å². The summed E-state index contributed by atoms with van der Waals surface area (Å²) >= 11 is 6.14. The van der Waals surface area contributed by atoms with Gasteiger partial charge < -0.3 is 25.2 Å². The molecule has 0 unspecified atom stereocenters. The number of ether oxygens (including phenoxy) is 1. The zero-order valence-corrected chi connectivity index (χ0v) is 24.3. The number of anilines is 1. The average molecular weight is 572 g/mol. The number of nitrogens with one attached hydrogen (secondary N) is 1. The van der Waals surface area contributed by atoms with E-state index in [9.17, 15) is 20.3 Å². The van der Waals surface area contributed by atoms with Crippen LogP contribution in [0.3, 0.4) is 0 Å². The van der Waals surface area contributed by atoms with Gasteiger partial charge in [-0.3, -0.25) is 4.79 Å². The summed E-state index contributed by atoms with van der Waals surface area (Å²) < 4.78 is 7.44. The third kappa shape index (κ3) is 6.74. The summed E-state index contributed by atoms with van der Waals surface area (Å²) in [5.74, 6) is -0.0710. The van der Waals surface area contributed by atoms with E-state index in [1.54, 1.807) is 25.2 Å². The first-order valence-electron chi connectivity index (χ1n) is 12.8. The van der Waals surface area contributed by atoms with E-state index < -0.39 is 32.2 Å². The Morgan fingerprint density at radius 1 is 1.31 bits per heavy atom. The number of fused-ring (bicyclic) bond motifs is 1. The van der Waals surface area contributed by atoms with E-state index in [1.807, 2.05) is 0 Å². The molecule has 208 valence electrons. The second-order valence-corrected chi connectivity index (χ2v) is 17.1. The van der Waals surface area contributed by atoms with E-state index >= 15 is 0 Å². The lowest BCUT2D eigenvalue weighted by Crippen LogP contribution is -2.34. The lowest BCUT2D eigenvalue weighted by atomic mass is 10.1. The van der Waals surface area contributed by atoms with Gasteiger partial charge >= 0.3 is 0 Å². The minimum absolute atomic E-state index is 0.103. The second kappa shape index (κ2) is 12.0. The Labute approximate surface area is 233 Å². The third-order valence-electron chi connectivity index (χ3n) is 6.79. The van der Waals surface area contributed by atoms with Gasteiger partial charge in [0.05, 0.1) is 35.3 Å². The van der Waals surface area contributed by atoms with E-state index in [-0.39, 0.29) is 19.0 Å². The maximum Gasteiger partial charge on any atom is 0.275 e. The van der Waals surface area contributed by atoms with Gasteiger partial charge in [-0.25, -0.2) is 14.6 Å². The summed E-state index contributed by atoms with van der Waals surface area (Å²) in [4.78, 5) is 24.0. The van der Waals surface area contributed by atoms with E-state index in [0.29, 0.717) is 52.4 Å². The number of nitrogens with zero attached hydrogens (tertiary/aromatic N) is 6. The number of carbonyl (C=O) groups is 1. The van der Waals surface area contributed by atoms with Crippen LogP contribution in [0.2, 0.25) is 30.7 Å². The van der Waals surface area contributed by atoms with Crippen LogP contribution in [0.4, 0.5) is 5.82 Å². The Hall–Kier alpha value is -3.08. The fraction of sp³-hybridized carbons (Fsp3) is 0.500. The molecule has 0 saturated heterocycles. The summed E-state index contributed by atoms with van der Waals surface area (Å²) in [5.41, 5.74) is 1.55. The van der Waals surface area contributed by atoms with Crippen molar-refractivity contribution in [3.63, 3.8) is 0 Å². The highest BCUT2D eigenvalue weighted by atomic mass is 35.5. The first kappa shape index (κ1) is 28.9. The Bertz CT molecular complexity index is 1390. The molecular formula is C26H34ClN7O4Si. The molecular weight excluding hydrogens is 538 g/mol. The molecule has 1 aliphatic rings. The molecule has 0 bridgehead atoms. The zero-order valence-electron chi connectivity index (χ0n) is 22.6. The smallest absolute Gasteiger partial charge is 0.275 e. The minimum atomic E-state index is -1.30. The number of halogens is 1. The summed E-state index contributed by atoms with van der Waals surface area (Å²) in [6, 6.07) is 7.58. The number of amides is 1. The third-order valence-corrected chi connectivity index (χ3v) is 8.73. The van der Waals surface area contributed by atoms with Crippen molar-refractivity contribution >= 4 is 42.4 Å². The van der Waals surface area contributed by atoms with Crippen molar-refractivity contribution in [3.8, 4) is 6.07 Å². The van der Waals surface area contributed by atoms with Crippen molar-refractivity contribution in [2.24, 2.45) is 0 Å². The number of rotatable bonds is 10. The van der Waals surface area contributed by atoms with Gasteiger partial charge in [0.15, 0.2) is 11.3 Å². The molecule has 3 aromatic rings. The standard InChI is InChI=1S/C26H34ClN7O4Si/c1-33(13-17-11-18(27)6-5-16(17)12-28)26(37)22-21-24(31-19-7-8-20(35)23(19)36)29-14-30-25(21)34(32-22)15-38-9-10-39(2,3)4/h5-6,11,14,19-20,23,35-36H,7-10,13,15H2,1-4H3,(H,29,30,31)/t19-,20-,23+/m1/s1. The highest BCUT2D eigenvalue weighted by molar-refractivity contribution is 6.76. The van der Waals surface area contributed by atoms with Crippen LogP contribution in [0.5, 0.6) is 0 Å². The SMILES string of the molecule is CN(Cc1cc(Cl)ccc1C#N)C(=O)c1nn(COCC[Si](C)(C)C)c2ncnc(N[C@@H]3CC[C@@H](O)[C@H]3O)c12. The Kier molecular flexibility index (Phi) is 8.88. The number of carbonyl (C=O) groups excluding carboxylic acids is 1. The second-order valence-electron chi connectivity index (χ2n) is 11.1. The summed E-state index contributed by atoms with van der Waals surface area (Å²) in [6.45, 7) is 7.60. The first-order valence-corrected chi connectivity index (χ1v) is 16.9. The number of aromatic nitrogens is 4. The maximum absolute atomic E-state index is 13.8. The fourth-order valence-electron chi connectivity index (χ4n) is 4.49. The molecule has 1 fully saturated rings. The number of benzene rings is 1. The molecule has 3 atom stereocenters. The van der Waals surface area contributed by atoms with Crippen LogP contribution in [-0.4, -0.2) is 80.7 Å². The van der Waals surface area contributed by atoms with Gasteiger partial charge in [-0.1, -0.05) is 31.2 Å². The van der Waals surface area contributed by atoms with E-state index in [2.05, 4.69) is 46.1 Å². The van der Waals surface area contributed by atoms with Crippen LogP contribution >= 0.6 is 11.6 Å². The van der Waals surface area contributed by atoms with Crippen LogP contribution in [0, 0.1) is 11.3 Å². The van der Waals surface area contributed by atoms with Crippen LogP contribution in [0.1, 0.15) is 34.5 Å². The van der Waals surface area contributed by atoms with E-state index in [0.717, 1.165) is 6.04 Å². The molecule has 3 N–H and O–H groups in total. The summed E-state index contributed by atoms with van der Waals surface area (Å²) in [6.07, 6.45) is 0.556. The first-order chi connectivity index (χ1) is 18.5. The van der Waals surface area contributed by atoms with E-state index in [4.69, 9.17) is 16.3 Å². The number of aliphatic hydroxyl groups is 2. The van der Waals surface area contributed by atoms with Crippen LogP contribution in [0.15, 0.2) is 24.5 Å².